The number of hydrogen-bond acceptors (Lipinski definition) is 7. The summed E-state index contributed by atoms with van der Waals surface area (Å²) in [6.45, 7) is 5.00. The number of H-pyrrole nitrogens is 1. The number of para-hydroxylation sites is 2. The van der Waals surface area contributed by atoms with Crippen molar-refractivity contribution in [3.05, 3.63) is 49.1 Å². The van der Waals surface area contributed by atoms with Gasteiger partial charge in [0.15, 0.2) is 34.3 Å². The first-order valence-electron chi connectivity index (χ1n) is 9.81. The number of carbonyl (C=O) groups excluding carboxylic acids is 1. The number of rotatable bonds is 6. The molecule has 158 valence electrons. The van der Waals surface area contributed by atoms with Gasteiger partial charge < -0.3 is 24.7 Å². The topological polar surface area (TPSA) is 105 Å². The van der Waals surface area contributed by atoms with Crippen molar-refractivity contribution in [2.45, 2.75) is 12.5 Å². The van der Waals surface area contributed by atoms with E-state index in [0.717, 1.165) is 6.42 Å². The van der Waals surface area contributed by atoms with Gasteiger partial charge in [-0.05, 0) is 30.6 Å². The van der Waals surface area contributed by atoms with Crippen molar-refractivity contribution < 1.29 is 14.3 Å². The van der Waals surface area contributed by atoms with E-state index in [1.807, 2.05) is 24.3 Å². The molecule has 1 unspecified atom stereocenters. The Morgan fingerprint density at radius 3 is 3.03 bits per heavy atom. The molecule has 9 nitrogen and oxygen atoms in total. The van der Waals surface area contributed by atoms with Crippen molar-refractivity contribution in [3.63, 3.8) is 0 Å². The molecule has 0 spiro atoms. The van der Waals surface area contributed by atoms with E-state index in [1.54, 1.807) is 12.0 Å². The molecule has 4 rings (SSSR count). The fraction of sp³-hybridized carbons (Fsp3) is 0.273. The minimum absolute atomic E-state index is 0.0650. The van der Waals surface area contributed by atoms with Crippen LogP contribution in [-0.4, -0.2) is 63.6 Å². The normalized spacial score (nSPS) is 15.3. The zero-order valence-electron chi connectivity index (χ0n) is 17.1. The summed E-state index contributed by atoms with van der Waals surface area (Å²) in [6, 6.07) is 7.48. The average molecular weight is 418 g/mol. The van der Waals surface area contributed by atoms with Crippen LogP contribution in [0.5, 0.6) is 11.5 Å². The monoisotopic (exact) mass is 418 g/mol. The largest absolute Gasteiger partial charge is 0.493 e. The Kier molecular flexibility index (Phi) is 5.98. The third kappa shape index (κ3) is 4.59. The highest BCUT2D eigenvalue weighted by molar-refractivity contribution is 5.87. The van der Waals surface area contributed by atoms with Crippen LogP contribution in [-0.2, 0) is 4.79 Å². The van der Waals surface area contributed by atoms with E-state index < -0.39 is 0 Å². The van der Waals surface area contributed by atoms with Gasteiger partial charge in [-0.3, -0.25) is 4.79 Å². The van der Waals surface area contributed by atoms with Gasteiger partial charge in [0.25, 0.3) is 0 Å². The lowest BCUT2D eigenvalue weighted by atomic mass is 10.2. The van der Waals surface area contributed by atoms with Crippen LogP contribution < -0.4 is 14.8 Å². The maximum Gasteiger partial charge on any atom is 0.246 e. The molecule has 2 N–H and O–H groups in total. The van der Waals surface area contributed by atoms with Crippen molar-refractivity contribution >= 4 is 22.9 Å². The summed E-state index contributed by atoms with van der Waals surface area (Å²) in [4.78, 5) is 29.7. The number of nitrogens with zero attached hydrogens (tertiary/aromatic N) is 4. The summed E-state index contributed by atoms with van der Waals surface area (Å²) in [5, 5.41) is 3.36. The van der Waals surface area contributed by atoms with Gasteiger partial charge in [0, 0.05) is 19.1 Å². The molecule has 3 heterocycles. The number of fused-ring (bicyclic) bond motifs is 1. The van der Waals surface area contributed by atoms with Crippen LogP contribution in [0.4, 0.5) is 5.82 Å². The summed E-state index contributed by atoms with van der Waals surface area (Å²) < 4.78 is 10.9. The van der Waals surface area contributed by atoms with Crippen LogP contribution in [0.15, 0.2) is 43.2 Å². The molecule has 0 bridgehead atoms. The number of hydrogen-bond donors (Lipinski definition) is 2. The molecule has 0 saturated carbocycles. The van der Waals surface area contributed by atoms with Crippen LogP contribution in [0, 0.1) is 11.8 Å². The summed E-state index contributed by atoms with van der Waals surface area (Å²) in [5.41, 5.74) is 1.19. The van der Waals surface area contributed by atoms with E-state index in [-0.39, 0.29) is 18.6 Å². The Morgan fingerprint density at radius 2 is 2.23 bits per heavy atom. The molecule has 1 aliphatic heterocycles. The third-order valence-electron chi connectivity index (χ3n) is 4.87. The highest BCUT2D eigenvalue weighted by Gasteiger charge is 2.25. The minimum atomic E-state index is -0.0650. The summed E-state index contributed by atoms with van der Waals surface area (Å²) in [5.74, 6) is 8.18. The Hall–Kier alpha value is -4.06. The standard InChI is InChI=1S/C22H22N6O3/c1-3-19(29)28-11-10-15(13-28)25-21-20-22(24-14-23-21)27-18(26-20)9-6-12-31-17-8-5-4-7-16(17)30-2/h3-5,7-8,14-15H,1,10-13H2,2H3,(H2,23,24,25,26,27). The molecular weight excluding hydrogens is 396 g/mol. The zero-order valence-corrected chi connectivity index (χ0v) is 17.1. The molecule has 0 radical (unpaired) electrons. The predicted molar refractivity (Wildman–Crippen MR) is 116 cm³/mol. The SMILES string of the molecule is C=CC(=O)N1CCC(Nc2ncnc3[nH]c(C#CCOc4ccccc4OC)nc23)C1. The predicted octanol–water partition coefficient (Wildman–Crippen LogP) is 1.99. The van der Waals surface area contributed by atoms with Crippen molar-refractivity contribution in [2.24, 2.45) is 0 Å². The Morgan fingerprint density at radius 1 is 1.39 bits per heavy atom. The first-order valence-corrected chi connectivity index (χ1v) is 9.81. The third-order valence-corrected chi connectivity index (χ3v) is 4.87. The molecule has 31 heavy (non-hydrogen) atoms. The fourth-order valence-corrected chi connectivity index (χ4v) is 3.37. The number of aromatic amines is 1. The van der Waals surface area contributed by atoms with Gasteiger partial charge >= 0.3 is 0 Å². The lowest BCUT2D eigenvalue weighted by Crippen LogP contribution is -2.30. The minimum Gasteiger partial charge on any atom is -0.493 e. The summed E-state index contributed by atoms with van der Waals surface area (Å²) in [7, 11) is 1.59. The molecule has 1 fully saturated rings. The maximum absolute atomic E-state index is 11.8. The summed E-state index contributed by atoms with van der Waals surface area (Å²) >= 11 is 0. The van der Waals surface area contributed by atoms with Crippen molar-refractivity contribution in [1.29, 1.82) is 0 Å². The Labute approximate surface area is 179 Å². The summed E-state index contributed by atoms with van der Waals surface area (Å²) in [6.07, 6.45) is 3.62. The van der Waals surface area contributed by atoms with E-state index in [2.05, 4.69) is 43.7 Å². The second-order valence-electron chi connectivity index (χ2n) is 6.86. The highest BCUT2D eigenvalue weighted by Crippen LogP contribution is 2.25. The number of nitrogens with one attached hydrogen (secondary N) is 2. The van der Waals surface area contributed by atoms with Crippen LogP contribution in [0.3, 0.4) is 0 Å². The second-order valence-corrected chi connectivity index (χ2v) is 6.86. The zero-order chi connectivity index (χ0) is 21.6. The number of likely N-dealkylation sites (tertiary alicyclic amines) is 1. The maximum atomic E-state index is 11.8. The van der Waals surface area contributed by atoms with Gasteiger partial charge in [0.2, 0.25) is 5.91 Å². The molecule has 1 saturated heterocycles. The number of imidazole rings is 1. The molecule has 9 heteroatoms. The van der Waals surface area contributed by atoms with Crippen molar-refractivity contribution in [1.82, 2.24) is 24.8 Å². The molecular formula is C22H22N6O3. The number of methoxy groups -OCH3 is 1. The fourth-order valence-electron chi connectivity index (χ4n) is 3.37. The quantitative estimate of drug-likeness (QED) is 0.466. The lowest BCUT2D eigenvalue weighted by molar-refractivity contribution is -0.125. The number of anilines is 1. The molecule has 1 aliphatic rings. The number of ether oxygens (including phenoxy) is 2. The van der Waals surface area contributed by atoms with Crippen LogP contribution in [0.2, 0.25) is 0 Å². The van der Waals surface area contributed by atoms with E-state index in [0.29, 0.717) is 47.4 Å². The number of benzene rings is 1. The number of amides is 1. The second kappa shape index (κ2) is 9.17. The molecule has 1 amide bonds. The van der Waals surface area contributed by atoms with Crippen molar-refractivity contribution in [2.75, 3.05) is 32.1 Å². The van der Waals surface area contributed by atoms with Crippen LogP contribution >= 0.6 is 0 Å². The number of carbonyl (C=O) groups is 1. The van der Waals surface area contributed by atoms with E-state index in [1.165, 1.54) is 12.4 Å². The van der Waals surface area contributed by atoms with Crippen molar-refractivity contribution in [3.8, 4) is 23.3 Å². The lowest BCUT2D eigenvalue weighted by Gasteiger charge is -2.15. The first-order chi connectivity index (χ1) is 15.2. The molecule has 0 aliphatic carbocycles. The highest BCUT2D eigenvalue weighted by atomic mass is 16.5. The van der Waals surface area contributed by atoms with E-state index in [9.17, 15) is 4.79 Å². The molecule has 1 atom stereocenters. The van der Waals surface area contributed by atoms with Gasteiger partial charge in [0.05, 0.1) is 7.11 Å². The van der Waals surface area contributed by atoms with E-state index in [4.69, 9.17) is 9.47 Å². The van der Waals surface area contributed by atoms with E-state index >= 15 is 0 Å². The Bertz CT molecular complexity index is 1160. The smallest absolute Gasteiger partial charge is 0.246 e. The molecule has 1 aromatic carbocycles. The van der Waals surface area contributed by atoms with Gasteiger partial charge in [-0.15, -0.1) is 0 Å². The Balaban J connectivity index is 1.43. The molecule has 3 aromatic rings. The van der Waals surface area contributed by atoms with Gasteiger partial charge in [-0.2, -0.15) is 0 Å². The van der Waals surface area contributed by atoms with Gasteiger partial charge in [-0.1, -0.05) is 24.6 Å². The van der Waals surface area contributed by atoms with Crippen LogP contribution in [0.25, 0.3) is 11.2 Å². The van der Waals surface area contributed by atoms with Gasteiger partial charge in [-0.25, -0.2) is 15.0 Å². The average Bonchev–Trinajstić information content (AvgIpc) is 3.44. The molecule has 2 aromatic heterocycles. The van der Waals surface area contributed by atoms with Crippen LogP contribution in [0.1, 0.15) is 12.2 Å². The van der Waals surface area contributed by atoms with Gasteiger partial charge in [0.1, 0.15) is 12.9 Å². The first kappa shape index (κ1) is 20.2. The number of aromatic nitrogens is 4.